The number of carbonyl (C=O) groups is 2. The average Bonchev–Trinajstić information content (AvgIpc) is 2.14. The Kier molecular flexibility index (Phi) is 5.11. The van der Waals surface area contributed by atoms with Crippen molar-refractivity contribution in [2.24, 2.45) is 0 Å². The molecular formula is C8H15NO5. The van der Waals surface area contributed by atoms with E-state index in [-0.39, 0.29) is 6.61 Å². The highest BCUT2D eigenvalue weighted by Crippen LogP contribution is 1.99. The molecule has 82 valence electrons. The quantitative estimate of drug-likeness (QED) is 0.537. The molecule has 0 spiro atoms. The highest BCUT2D eigenvalue weighted by Gasteiger charge is 2.32. The lowest BCUT2D eigenvalue weighted by molar-refractivity contribution is -0.165. The monoisotopic (exact) mass is 205 g/mol. The van der Waals surface area contributed by atoms with Gasteiger partial charge in [-0.15, -0.1) is 0 Å². The maximum absolute atomic E-state index is 11.1. The number of likely N-dealkylation sites (N-methyl/N-ethyl adjacent to an activating group) is 1. The van der Waals surface area contributed by atoms with E-state index in [1.165, 1.54) is 14.1 Å². The van der Waals surface area contributed by atoms with Crippen molar-refractivity contribution in [1.82, 2.24) is 4.90 Å². The lowest BCUT2D eigenvalue weighted by Gasteiger charge is -2.19. The number of esters is 1. The summed E-state index contributed by atoms with van der Waals surface area (Å²) in [7, 11) is 2.81. The highest BCUT2D eigenvalue weighted by atomic mass is 16.5. The molecule has 0 aliphatic heterocycles. The van der Waals surface area contributed by atoms with Crippen LogP contribution in [0.25, 0.3) is 0 Å². The first-order chi connectivity index (χ1) is 6.41. The summed E-state index contributed by atoms with van der Waals surface area (Å²) >= 11 is 0. The van der Waals surface area contributed by atoms with Crippen LogP contribution in [0.4, 0.5) is 0 Å². The normalized spacial score (nSPS) is 14.4. The highest BCUT2D eigenvalue weighted by molar-refractivity contribution is 5.88. The molecule has 0 saturated heterocycles. The number of carbonyl (C=O) groups excluding carboxylic acids is 2. The van der Waals surface area contributed by atoms with Crippen molar-refractivity contribution in [3.8, 4) is 0 Å². The van der Waals surface area contributed by atoms with Crippen molar-refractivity contribution in [3.05, 3.63) is 0 Å². The van der Waals surface area contributed by atoms with Crippen molar-refractivity contribution < 1.29 is 24.5 Å². The van der Waals surface area contributed by atoms with Crippen molar-refractivity contribution in [2.45, 2.75) is 19.1 Å². The number of nitrogens with zero attached hydrogens (tertiary/aromatic N) is 1. The summed E-state index contributed by atoms with van der Waals surface area (Å²) in [4.78, 5) is 23.1. The van der Waals surface area contributed by atoms with Crippen LogP contribution in [0.3, 0.4) is 0 Å². The summed E-state index contributed by atoms with van der Waals surface area (Å²) in [6.07, 6.45) is -3.60. The minimum atomic E-state index is -1.83. The van der Waals surface area contributed by atoms with Crippen molar-refractivity contribution in [2.75, 3.05) is 20.7 Å². The van der Waals surface area contributed by atoms with Gasteiger partial charge >= 0.3 is 5.97 Å². The number of aliphatic hydroxyl groups excluding tert-OH is 2. The molecule has 0 radical (unpaired) electrons. The Morgan fingerprint density at radius 2 is 1.79 bits per heavy atom. The largest absolute Gasteiger partial charge is 0.464 e. The van der Waals surface area contributed by atoms with Gasteiger partial charge in [0.15, 0.2) is 12.2 Å². The molecule has 0 aromatic rings. The molecule has 0 aromatic carbocycles. The second-order valence-electron chi connectivity index (χ2n) is 2.87. The van der Waals surface area contributed by atoms with E-state index >= 15 is 0 Å². The fourth-order valence-corrected chi connectivity index (χ4v) is 0.756. The maximum Gasteiger partial charge on any atom is 0.338 e. The Balaban J connectivity index is 4.31. The van der Waals surface area contributed by atoms with E-state index in [4.69, 9.17) is 5.11 Å². The van der Waals surface area contributed by atoms with Crippen LogP contribution in [0.15, 0.2) is 0 Å². The maximum atomic E-state index is 11.1. The lowest BCUT2D eigenvalue weighted by Crippen LogP contribution is -2.45. The topological polar surface area (TPSA) is 87.1 Å². The Morgan fingerprint density at radius 1 is 1.29 bits per heavy atom. The number of hydrogen-bond acceptors (Lipinski definition) is 5. The minimum absolute atomic E-state index is 0.0821. The third-order valence-corrected chi connectivity index (χ3v) is 1.52. The van der Waals surface area contributed by atoms with Gasteiger partial charge in [0.25, 0.3) is 5.91 Å². The van der Waals surface area contributed by atoms with Gasteiger partial charge in [-0.3, -0.25) is 4.79 Å². The number of ether oxygens (including phenoxy) is 1. The number of aliphatic hydroxyl groups is 2. The fraction of sp³-hybridized carbons (Fsp3) is 0.750. The fourth-order valence-electron chi connectivity index (χ4n) is 0.756. The summed E-state index contributed by atoms with van der Waals surface area (Å²) < 4.78 is 4.44. The van der Waals surface area contributed by atoms with Gasteiger partial charge in [0, 0.05) is 14.1 Å². The van der Waals surface area contributed by atoms with E-state index in [0.717, 1.165) is 4.90 Å². The molecule has 0 saturated carbocycles. The van der Waals surface area contributed by atoms with Crippen LogP contribution in [0.5, 0.6) is 0 Å². The molecule has 0 heterocycles. The smallest absolute Gasteiger partial charge is 0.338 e. The van der Waals surface area contributed by atoms with Gasteiger partial charge in [0.1, 0.15) is 0 Å². The molecule has 14 heavy (non-hydrogen) atoms. The first kappa shape index (κ1) is 12.9. The van der Waals surface area contributed by atoms with Gasteiger partial charge in [0.2, 0.25) is 0 Å². The van der Waals surface area contributed by atoms with Crippen LogP contribution in [0.1, 0.15) is 6.92 Å². The number of hydrogen-bond donors (Lipinski definition) is 2. The molecule has 0 aromatic heterocycles. The zero-order valence-corrected chi connectivity index (χ0v) is 8.43. The van der Waals surface area contributed by atoms with Crippen molar-refractivity contribution >= 4 is 11.9 Å². The zero-order valence-electron chi connectivity index (χ0n) is 8.43. The number of amides is 1. The lowest BCUT2D eigenvalue weighted by atomic mass is 10.2. The van der Waals surface area contributed by atoms with Crippen LogP contribution in [0.2, 0.25) is 0 Å². The summed E-state index contributed by atoms with van der Waals surface area (Å²) in [5.41, 5.74) is 0. The molecular weight excluding hydrogens is 190 g/mol. The van der Waals surface area contributed by atoms with Crippen LogP contribution in [0, 0.1) is 0 Å². The predicted molar refractivity (Wildman–Crippen MR) is 47.3 cm³/mol. The molecule has 2 N–H and O–H groups in total. The molecule has 0 aliphatic carbocycles. The predicted octanol–water partition coefficient (Wildman–Crippen LogP) is -1.64. The molecule has 6 heteroatoms. The molecule has 6 nitrogen and oxygen atoms in total. The van der Waals surface area contributed by atoms with Gasteiger partial charge in [-0.1, -0.05) is 0 Å². The van der Waals surface area contributed by atoms with E-state index in [0.29, 0.717) is 0 Å². The third kappa shape index (κ3) is 3.31. The Bertz CT molecular complexity index is 216. The average molecular weight is 205 g/mol. The summed E-state index contributed by atoms with van der Waals surface area (Å²) in [5, 5.41) is 18.4. The first-order valence-electron chi connectivity index (χ1n) is 4.15. The molecule has 0 bridgehead atoms. The van der Waals surface area contributed by atoms with Crippen molar-refractivity contribution in [1.29, 1.82) is 0 Å². The van der Waals surface area contributed by atoms with Crippen LogP contribution >= 0.6 is 0 Å². The van der Waals surface area contributed by atoms with Crippen LogP contribution in [-0.2, 0) is 14.3 Å². The van der Waals surface area contributed by atoms with Gasteiger partial charge in [-0.2, -0.15) is 0 Å². The van der Waals surface area contributed by atoms with Gasteiger partial charge in [0.05, 0.1) is 6.61 Å². The molecule has 2 unspecified atom stereocenters. The standard InChI is InChI=1S/C8H15NO5/c1-4-14-8(13)6(11)5(10)7(12)9(2)3/h5-6,10-11H,4H2,1-3H3. The molecule has 0 fully saturated rings. The van der Waals surface area contributed by atoms with E-state index < -0.39 is 24.1 Å². The summed E-state index contributed by atoms with van der Waals surface area (Å²) in [6, 6.07) is 0. The van der Waals surface area contributed by atoms with E-state index in [1.54, 1.807) is 6.92 Å². The Morgan fingerprint density at radius 3 is 2.14 bits per heavy atom. The van der Waals surface area contributed by atoms with Crippen molar-refractivity contribution in [3.63, 3.8) is 0 Å². The van der Waals surface area contributed by atoms with Gasteiger partial charge in [-0.25, -0.2) is 4.79 Å². The van der Waals surface area contributed by atoms with Crippen LogP contribution in [-0.4, -0.2) is 59.9 Å². The van der Waals surface area contributed by atoms with Gasteiger partial charge < -0.3 is 19.8 Å². The second kappa shape index (κ2) is 5.56. The Labute approximate surface area is 82.1 Å². The Hall–Kier alpha value is -1.14. The third-order valence-electron chi connectivity index (χ3n) is 1.52. The van der Waals surface area contributed by atoms with E-state index in [9.17, 15) is 14.7 Å². The molecule has 1 amide bonds. The molecule has 0 rings (SSSR count). The minimum Gasteiger partial charge on any atom is -0.464 e. The zero-order chi connectivity index (χ0) is 11.3. The van der Waals surface area contributed by atoms with Gasteiger partial charge in [-0.05, 0) is 6.92 Å². The SMILES string of the molecule is CCOC(=O)C(O)C(O)C(=O)N(C)C. The second-order valence-corrected chi connectivity index (χ2v) is 2.87. The van der Waals surface area contributed by atoms with E-state index in [2.05, 4.69) is 4.74 Å². The summed E-state index contributed by atoms with van der Waals surface area (Å²) in [6.45, 7) is 1.64. The first-order valence-corrected chi connectivity index (χ1v) is 4.15. The van der Waals surface area contributed by atoms with Crippen LogP contribution < -0.4 is 0 Å². The molecule has 0 aliphatic rings. The number of rotatable bonds is 4. The van der Waals surface area contributed by atoms with E-state index in [1.807, 2.05) is 0 Å². The molecule has 2 atom stereocenters. The summed E-state index contributed by atoms with van der Waals surface area (Å²) in [5.74, 6) is -1.75.